The average molecular weight is 310 g/mol. The monoisotopic (exact) mass is 310 g/mol. The van der Waals surface area contributed by atoms with Gasteiger partial charge in [-0.05, 0) is 32.9 Å². The number of carbonyl (C=O) groups is 2. The van der Waals surface area contributed by atoms with E-state index in [9.17, 15) is 9.59 Å². The first-order valence-electron chi connectivity index (χ1n) is 6.80. The lowest BCUT2D eigenvalue weighted by atomic mass is 10.2. The molecule has 0 saturated carbocycles. The van der Waals surface area contributed by atoms with Crippen molar-refractivity contribution < 1.29 is 23.8 Å². The van der Waals surface area contributed by atoms with Crippen molar-refractivity contribution in [1.82, 2.24) is 5.32 Å². The van der Waals surface area contributed by atoms with Gasteiger partial charge < -0.3 is 25.3 Å². The van der Waals surface area contributed by atoms with E-state index >= 15 is 0 Å². The van der Waals surface area contributed by atoms with Crippen LogP contribution in [0.15, 0.2) is 18.2 Å². The van der Waals surface area contributed by atoms with Crippen molar-refractivity contribution in [3.8, 4) is 5.75 Å². The number of nitrogens with one attached hydrogen (secondary N) is 1. The molecule has 0 heterocycles. The van der Waals surface area contributed by atoms with E-state index in [0.717, 1.165) is 0 Å². The van der Waals surface area contributed by atoms with E-state index < -0.39 is 17.7 Å². The Morgan fingerprint density at radius 2 is 1.91 bits per heavy atom. The second-order valence-electron chi connectivity index (χ2n) is 5.56. The van der Waals surface area contributed by atoms with E-state index in [1.54, 1.807) is 26.8 Å². The fourth-order valence-corrected chi connectivity index (χ4v) is 1.58. The lowest BCUT2D eigenvalue weighted by Gasteiger charge is -2.19. The summed E-state index contributed by atoms with van der Waals surface area (Å²) in [7, 11) is 1.29. The molecule has 0 atom stereocenters. The summed E-state index contributed by atoms with van der Waals surface area (Å²) >= 11 is 0. The largest absolute Gasteiger partial charge is 0.492 e. The molecule has 0 aliphatic rings. The Labute approximate surface area is 129 Å². The molecule has 0 bridgehead atoms. The number of benzene rings is 1. The molecule has 0 aliphatic heterocycles. The number of nitrogen functional groups attached to an aromatic ring is 1. The Balaban J connectivity index is 2.47. The highest BCUT2D eigenvalue weighted by Crippen LogP contribution is 2.19. The average Bonchev–Trinajstić information content (AvgIpc) is 2.40. The van der Waals surface area contributed by atoms with Crippen molar-refractivity contribution in [3.63, 3.8) is 0 Å². The molecule has 7 heteroatoms. The van der Waals surface area contributed by atoms with Crippen LogP contribution in [0.25, 0.3) is 0 Å². The molecule has 7 nitrogen and oxygen atoms in total. The predicted octanol–water partition coefficient (Wildman–Crippen LogP) is 1.96. The van der Waals surface area contributed by atoms with Crippen LogP contribution in [0.4, 0.5) is 10.5 Å². The van der Waals surface area contributed by atoms with Crippen molar-refractivity contribution in [2.24, 2.45) is 0 Å². The normalized spacial score (nSPS) is 10.7. The molecule has 1 rings (SSSR count). The van der Waals surface area contributed by atoms with Gasteiger partial charge in [-0.3, -0.25) is 0 Å². The summed E-state index contributed by atoms with van der Waals surface area (Å²) < 4.78 is 15.2. The smallest absolute Gasteiger partial charge is 0.407 e. The van der Waals surface area contributed by atoms with Crippen LogP contribution in [0.1, 0.15) is 31.1 Å². The number of carbonyl (C=O) groups excluding carboxylic acids is 2. The third kappa shape index (κ3) is 6.34. The van der Waals surface area contributed by atoms with Crippen LogP contribution in [-0.4, -0.2) is 37.9 Å². The Kier molecular flexibility index (Phi) is 6.03. The number of amides is 1. The number of anilines is 1. The van der Waals surface area contributed by atoms with Crippen LogP contribution in [0.5, 0.6) is 5.75 Å². The second-order valence-corrected chi connectivity index (χ2v) is 5.56. The molecular weight excluding hydrogens is 288 g/mol. The number of methoxy groups -OCH3 is 1. The predicted molar refractivity (Wildman–Crippen MR) is 81.9 cm³/mol. The minimum atomic E-state index is -0.547. The standard InChI is InChI=1S/C15H22N2O5/c1-15(2,3)22-14(19)17-5-6-21-12-8-10(13(18)20-4)7-11(16)9-12/h7-9H,5-6,16H2,1-4H3,(H,17,19). The maximum Gasteiger partial charge on any atom is 0.407 e. The highest BCUT2D eigenvalue weighted by Gasteiger charge is 2.15. The van der Waals surface area contributed by atoms with E-state index in [0.29, 0.717) is 17.0 Å². The van der Waals surface area contributed by atoms with E-state index in [2.05, 4.69) is 10.1 Å². The van der Waals surface area contributed by atoms with E-state index in [-0.39, 0.29) is 13.2 Å². The van der Waals surface area contributed by atoms with Crippen molar-refractivity contribution in [1.29, 1.82) is 0 Å². The zero-order valence-corrected chi connectivity index (χ0v) is 13.3. The van der Waals surface area contributed by atoms with E-state index in [1.165, 1.54) is 19.2 Å². The van der Waals surface area contributed by atoms with Crippen LogP contribution in [0.3, 0.4) is 0 Å². The first-order valence-corrected chi connectivity index (χ1v) is 6.80. The van der Waals surface area contributed by atoms with Gasteiger partial charge in [-0.25, -0.2) is 9.59 Å². The summed E-state index contributed by atoms with van der Waals surface area (Å²) in [5.41, 5.74) is 5.84. The van der Waals surface area contributed by atoms with E-state index in [1.807, 2.05) is 0 Å². The highest BCUT2D eigenvalue weighted by atomic mass is 16.6. The van der Waals surface area contributed by atoms with Crippen molar-refractivity contribution in [3.05, 3.63) is 23.8 Å². The fraction of sp³-hybridized carbons (Fsp3) is 0.467. The first-order chi connectivity index (χ1) is 10.2. The lowest BCUT2D eigenvalue weighted by molar-refractivity contribution is 0.0519. The minimum absolute atomic E-state index is 0.212. The van der Waals surface area contributed by atoms with Gasteiger partial charge in [0.25, 0.3) is 0 Å². The molecule has 0 radical (unpaired) electrons. The molecule has 0 fully saturated rings. The third-order valence-electron chi connectivity index (χ3n) is 2.39. The summed E-state index contributed by atoms with van der Waals surface area (Å²) in [6.07, 6.45) is -0.515. The summed E-state index contributed by atoms with van der Waals surface area (Å²) in [6.45, 7) is 5.82. The van der Waals surface area contributed by atoms with Crippen LogP contribution < -0.4 is 15.8 Å². The van der Waals surface area contributed by atoms with Gasteiger partial charge in [0.2, 0.25) is 0 Å². The Hall–Kier alpha value is -2.44. The molecule has 3 N–H and O–H groups in total. The van der Waals surface area contributed by atoms with Crippen molar-refractivity contribution in [2.45, 2.75) is 26.4 Å². The van der Waals surface area contributed by atoms with Gasteiger partial charge in [0, 0.05) is 11.8 Å². The molecule has 1 amide bonds. The van der Waals surface area contributed by atoms with Gasteiger partial charge in [0.1, 0.15) is 18.0 Å². The van der Waals surface area contributed by atoms with Gasteiger partial charge in [0.15, 0.2) is 0 Å². The minimum Gasteiger partial charge on any atom is -0.492 e. The summed E-state index contributed by atoms with van der Waals surface area (Å²) in [6, 6.07) is 4.60. The maximum absolute atomic E-state index is 11.5. The van der Waals surface area contributed by atoms with Crippen LogP contribution in [0.2, 0.25) is 0 Å². The molecule has 0 saturated heterocycles. The van der Waals surface area contributed by atoms with Gasteiger partial charge >= 0.3 is 12.1 Å². The Morgan fingerprint density at radius 3 is 2.50 bits per heavy atom. The van der Waals surface area contributed by atoms with Gasteiger partial charge in [-0.1, -0.05) is 0 Å². The number of esters is 1. The summed E-state index contributed by atoms with van der Waals surface area (Å²) in [4.78, 5) is 22.9. The number of hydrogen-bond donors (Lipinski definition) is 2. The topological polar surface area (TPSA) is 99.9 Å². The van der Waals surface area contributed by atoms with Crippen LogP contribution in [-0.2, 0) is 9.47 Å². The summed E-state index contributed by atoms with van der Waals surface area (Å²) in [5, 5.41) is 2.56. The second kappa shape index (κ2) is 7.53. The first kappa shape index (κ1) is 17.6. The van der Waals surface area contributed by atoms with Crippen molar-refractivity contribution >= 4 is 17.7 Å². The lowest BCUT2D eigenvalue weighted by Crippen LogP contribution is -2.34. The van der Waals surface area contributed by atoms with Crippen LogP contribution in [0, 0.1) is 0 Å². The van der Waals surface area contributed by atoms with Crippen molar-refractivity contribution in [2.75, 3.05) is 26.0 Å². The van der Waals surface area contributed by atoms with Crippen LogP contribution >= 0.6 is 0 Å². The quantitative estimate of drug-likeness (QED) is 0.490. The number of alkyl carbamates (subject to hydrolysis) is 1. The molecule has 1 aromatic carbocycles. The molecule has 1 aromatic rings. The number of ether oxygens (including phenoxy) is 3. The molecular formula is C15H22N2O5. The van der Waals surface area contributed by atoms with Gasteiger partial charge in [0.05, 0.1) is 19.2 Å². The SMILES string of the molecule is COC(=O)c1cc(N)cc(OCCNC(=O)OC(C)(C)C)c1. The van der Waals surface area contributed by atoms with Gasteiger partial charge in [-0.2, -0.15) is 0 Å². The number of rotatable bonds is 5. The van der Waals surface area contributed by atoms with E-state index in [4.69, 9.17) is 15.2 Å². The molecule has 0 aliphatic carbocycles. The zero-order chi connectivity index (χ0) is 16.8. The molecule has 122 valence electrons. The third-order valence-corrected chi connectivity index (χ3v) is 2.39. The number of nitrogens with two attached hydrogens (primary N) is 1. The maximum atomic E-state index is 11.5. The summed E-state index contributed by atoms with van der Waals surface area (Å²) in [5.74, 6) is -0.0737. The molecule has 22 heavy (non-hydrogen) atoms. The Morgan fingerprint density at radius 1 is 1.23 bits per heavy atom. The zero-order valence-electron chi connectivity index (χ0n) is 13.3. The molecule has 0 aromatic heterocycles. The fourth-order valence-electron chi connectivity index (χ4n) is 1.58. The molecule has 0 unspecified atom stereocenters. The highest BCUT2D eigenvalue weighted by molar-refractivity contribution is 5.90. The molecule has 0 spiro atoms. The Bertz CT molecular complexity index is 537. The number of hydrogen-bond acceptors (Lipinski definition) is 6. The van der Waals surface area contributed by atoms with Gasteiger partial charge in [-0.15, -0.1) is 0 Å².